The Balaban J connectivity index is 1.93. The Kier molecular flexibility index (Phi) is 2.47. The van der Waals surface area contributed by atoms with E-state index in [1.54, 1.807) is 18.2 Å². The Bertz CT molecular complexity index is 935. The van der Waals surface area contributed by atoms with E-state index in [-0.39, 0.29) is 11.4 Å². The SMILES string of the molecule is O=C1c2cnc3ccccc3[n+]2C(=O)N1c1ccc(O)cc1. The number of nitrogens with zero attached hydrogens (tertiary/aromatic N) is 3. The van der Waals surface area contributed by atoms with Crippen molar-refractivity contribution in [2.75, 3.05) is 4.90 Å². The van der Waals surface area contributed by atoms with E-state index in [0.717, 1.165) is 4.90 Å². The Morgan fingerprint density at radius 1 is 1.00 bits per heavy atom. The predicted octanol–water partition coefficient (Wildman–Crippen LogP) is 1.86. The number of aromatic hydroxyl groups is 1. The molecule has 0 saturated carbocycles. The Morgan fingerprint density at radius 3 is 2.50 bits per heavy atom. The third-order valence-corrected chi connectivity index (χ3v) is 3.60. The van der Waals surface area contributed by atoms with Gasteiger partial charge < -0.3 is 5.11 Å². The molecule has 3 aromatic rings. The van der Waals surface area contributed by atoms with Gasteiger partial charge in [-0.1, -0.05) is 12.1 Å². The molecule has 0 saturated heterocycles. The monoisotopic (exact) mass is 292 g/mol. The molecule has 1 aliphatic heterocycles. The number of phenols is 1. The molecule has 2 amide bonds. The third kappa shape index (κ3) is 1.61. The van der Waals surface area contributed by atoms with Gasteiger partial charge in [0.15, 0.2) is 5.52 Å². The number of amides is 2. The molecule has 0 aliphatic carbocycles. The van der Waals surface area contributed by atoms with Crippen LogP contribution >= 0.6 is 0 Å². The maximum Gasteiger partial charge on any atom is 0.512 e. The molecule has 0 atom stereocenters. The molecule has 2 aromatic carbocycles. The van der Waals surface area contributed by atoms with Crippen LogP contribution in [0.3, 0.4) is 0 Å². The lowest BCUT2D eigenvalue weighted by Crippen LogP contribution is -2.46. The molecule has 106 valence electrons. The minimum absolute atomic E-state index is 0.0696. The van der Waals surface area contributed by atoms with Crippen molar-refractivity contribution >= 4 is 28.7 Å². The number of benzene rings is 2. The third-order valence-electron chi connectivity index (χ3n) is 3.60. The largest absolute Gasteiger partial charge is 0.512 e. The highest BCUT2D eigenvalue weighted by molar-refractivity contribution is 6.21. The summed E-state index contributed by atoms with van der Waals surface area (Å²) >= 11 is 0. The fourth-order valence-corrected chi connectivity index (χ4v) is 2.57. The smallest absolute Gasteiger partial charge is 0.508 e. The first-order valence-electron chi connectivity index (χ1n) is 6.64. The normalized spacial score (nSPS) is 13.7. The lowest BCUT2D eigenvalue weighted by Gasteiger charge is -2.04. The van der Waals surface area contributed by atoms with E-state index in [1.807, 2.05) is 6.07 Å². The average Bonchev–Trinajstić information content (AvgIpc) is 2.80. The average molecular weight is 292 g/mol. The second-order valence-electron chi connectivity index (χ2n) is 4.91. The van der Waals surface area contributed by atoms with E-state index in [4.69, 9.17) is 0 Å². The van der Waals surface area contributed by atoms with Gasteiger partial charge in [0, 0.05) is 0 Å². The van der Waals surface area contributed by atoms with E-state index in [1.165, 1.54) is 35.0 Å². The van der Waals surface area contributed by atoms with Crippen molar-refractivity contribution in [2.45, 2.75) is 0 Å². The molecule has 0 spiro atoms. The van der Waals surface area contributed by atoms with Gasteiger partial charge >= 0.3 is 11.9 Å². The zero-order valence-corrected chi connectivity index (χ0v) is 11.3. The molecule has 0 bridgehead atoms. The zero-order chi connectivity index (χ0) is 15.3. The second-order valence-corrected chi connectivity index (χ2v) is 4.91. The van der Waals surface area contributed by atoms with Gasteiger partial charge in [0.05, 0.1) is 6.20 Å². The maximum atomic E-state index is 12.7. The van der Waals surface area contributed by atoms with Crippen molar-refractivity contribution in [2.24, 2.45) is 0 Å². The predicted molar refractivity (Wildman–Crippen MR) is 77.6 cm³/mol. The summed E-state index contributed by atoms with van der Waals surface area (Å²) in [6.45, 7) is 0. The van der Waals surface area contributed by atoms with Gasteiger partial charge in [0.1, 0.15) is 17.0 Å². The number of para-hydroxylation sites is 2. The first-order chi connectivity index (χ1) is 10.7. The molecular weight excluding hydrogens is 282 g/mol. The van der Waals surface area contributed by atoms with E-state index in [0.29, 0.717) is 16.7 Å². The number of carbonyl (C=O) groups excluding carboxylic acids is 2. The van der Waals surface area contributed by atoms with Crippen molar-refractivity contribution in [1.29, 1.82) is 0 Å². The summed E-state index contributed by atoms with van der Waals surface area (Å²) in [5.41, 5.74) is 1.84. The van der Waals surface area contributed by atoms with Crippen LogP contribution < -0.4 is 9.47 Å². The molecule has 22 heavy (non-hydrogen) atoms. The summed E-state index contributed by atoms with van der Waals surface area (Å²) < 4.78 is 1.36. The van der Waals surface area contributed by atoms with Crippen LogP contribution in [0.15, 0.2) is 54.7 Å². The van der Waals surface area contributed by atoms with E-state index in [9.17, 15) is 14.7 Å². The first kappa shape index (κ1) is 12.5. The summed E-state index contributed by atoms with van der Waals surface area (Å²) in [5.74, 6) is -0.367. The van der Waals surface area contributed by atoms with Crippen molar-refractivity contribution in [3.63, 3.8) is 0 Å². The van der Waals surface area contributed by atoms with Crippen LogP contribution in [0.1, 0.15) is 10.5 Å². The molecule has 1 aromatic heterocycles. The summed E-state index contributed by atoms with van der Waals surface area (Å²) in [7, 11) is 0. The highest BCUT2D eigenvalue weighted by Gasteiger charge is 2.48. The topological polar surface area (TPSA) is 74.4 Å². The maximum absolute atomic E-state index is 12.7. The van der Waals surface area contributed by atoms with Crippen molar-refractivity contribution in [3.8, 4) is 5.75 Å². The lowest BCUT2D eigenvalue weighted by atomic mass is 10.2. The Morgan fingerprint density at radius 2 is 1.73 bits per heavy atom. The number of fused-ring (bicyclic) bond motifs is 3. The Labute approximate surface area is 124 Å². The highest BCUT2D eigenvalue weighted by atomic mass is 16.3. The summed E-state index contributed by atoms with van der Waals surface area (Å²) in [6, 6.07) is 12.6. The fourth-order valence-electron chi connectivity index (χ4n) is 2.57. The van der Waals surface area contributed by atoms with Crippen molar-refractivity contribution in [3.05, 3.63) is 60.4 Å². The fraction of sp³-hybridized carbons (Fsp3) is 0. The summed E-state index contributed by atoms with van der Waals surface area (Å²) in [5, 5.41) is 9.34. The molecule has 1 aliphatic rings. The zero-order valence-electron chi connectivity index (χ0n) is 11.3. The van der Waals surface area contributed by atoms with Gasteiger partial charge in [-0.25, -0.2) is 9.78 Å². The standard InChI is InChI=1S/C16H9N3O3/c20-11-7-5-10(6-8-11)18-15(21)14-9-17-12-3-1-2-4-13(12)19(14)16(18)22/h1-9H/p+1. The van der Waals surface area contributed by atoms with E-state index in [2.05, 4.69) is 4.98 Å². The molecule has 6 nitrogen and oxygen atoms in total. The summed E-state index contributed by atoms with van der Waals surface area (Å²) in [4.78, 5) is 30.5. The minimum Gasteiger partial charge on any atom is -0.508 e. The van der Waals surface area contributed by atoms with Gasteiger partial charge in [-0.2, -0.15) is 4.79 Å². The van der Waals surface area contributed by atoms with Crippen LogP contribution in [0.2, 0.25) is 0 Å². The molecular formula is C16H10N3O3+. The molecule has 0 radical (unpaired) electrons. The van der Waals surface area contributed by atoms with Gasteiger partial charge in [-0.15, -0.1) is 9.47 Å². The number of hydrogen-bond donors (Lipinski definition) is 1. The molecule has 1 N–H and O–H groups in total. The quantitative estimate of drug-likeness (QED) is 0.695. The first-order valence-corrected chi connectivity index (χ1v) is 6.64. The van der Waals surface area contributed by atoms with Crippen molar-refractivity contribution in [1.82, 2.24) is 4.98 Å². The molecule has 0 unspecified atom stereocenters. The van der Waals surface area contributed by atoms with Crippen LogP contribution in [0.4, 0.5) is 10.5 Å². The van der Waals surface area contributed by atoms with Crippen LogP contribution in [0.25, 0.3) is 11.0 Å². The van der Waals surface area contributed by atoms with Crippen LogP contribution in [0, 0.1) is 0 Å². The van der Waals surface area contributed by atoms with Crippen LogP contribution in [-0.2, 0) is 0 Å². The number of hydrogen-bond acceptors (Lipinski definition) is 4. The summed E-state index contributed by atoms with van der Waals surface area (Å²) in [6.07, 6.45) is 1.41. The highest BCUT2D eigenvalue weighted by Crippen LogP contribution is 2.23. The lowest BCUT2D eigenvalue weighted by molar-refractivity contribution is -0.537. The number of carbonyl (C=O) groups is 2. The molecule has 4 rings (SSSR count). The number of phenolic OH excluding ortho intramolecular Hbond substituents is 1. The molecule has 6 heteroatoms. The van der Waals surface area contributed by atoms with Crippen LogP contribution in [0.5, 0.6) is 5.75 Å². The minimum atomic E-state index is -0.454. The number of imide groups is 1. The molecule has 2 heterocycles. The van der Waals surface area contributed by atoms with E-state index >= 15 is 0 Å². The van der Waals surface area contributed by atoms with Crippen molar-refractivity contribution < 1.29 is 19.3 Å². The molecule has 0 fully saturated rings. The number of anilines is 1. The van der Waals surface area contributed by atoms with Crippen LogP contribution in [-0.4, -0.2) is 22.0 Å². The van der Waals surface area contributed by atoms with Gasteiger partial charge in [0.25, 0.3) is 0 Å². The number of rotatable bonds is 1. The van der Waals surface area contributed by atoms with Gasteiger partial charge in [-0.05, 0) is 36.4 Å². The second kappa shape index (κ2) is 4.36. The van der Waals surface area contributed by atoms with Gasteiger partial charge in [0.2, 0.25) is 5.69 Å². The van der Waals surface area contributed by atoms with E-state index < -0.39 is 11.9 Å². The Hall–Kier alpha value is -3.28. The number of aromatic nitrogens is 2. The van der Waals surface area contributed by atoms with Gasteiger partial charge in [-0.3, -0.25) is 0 Å².